The summed E-state index contributed by atoms with van der Waals surface area (Å²) in [6.45, 7) is 0. The van der Waals surface area contributed by atoms with Crippen molar-refractivity contribution in [2.75, 3.05) is 7.11 Å². The number of carbonyl (C=O) groups excluding carboxylic acids is 1. The molecule has 1 N–H and O–H groups in total. The maximum atomic E-state index is 11.3. The van der Waals surface area contributed by atoms with E-state index in [9.17, 15) is 9.90 Å². The van der Waals surface area contributed by atoms with Crippen molar-refractivity contribution < 1.29 is 14.6 Å². The highest BCUT2D eigenvalue weighted by atomic mass is 32.1. The van der Waals surface area contributed by atoms with Gasteiger partial charge in [0.1, 0.15) is 0 Å². The van der Waals surface area contributed by atoms with E-state index >= 15 is 0 Å². The van der Waals surface area contributed by atoms with Gasteiger partial charge in [-0.05, 0) is 17.7 Å². The van der Waals surface area contributed by atoms with Gasteiger partial charge in [-0.1, -0.05) is 12.1 Å². The first-order valence-electron chi connectivity index (χ1n) is 5.45. The highest BCUT2D eigenvalue weighted by Crippen LogP contribution is 2.20. The molecule has 94 valence electrons. The van der Waals surface area contributed by atoms with Crippen molar-refractivity contribution >= 4 is 17.3 Å². The van der Waals surface area contributed by atoms with Crippen LogP contribution in [-0.2, 0) is 11.2 Å². The minimum atomic E-state index is -0.608. The van der Waals surface area contributed by atoms with Gasteiger partial charge in [0.25, 0.3) is 0 Å². The maximum Gasteiger partial charge on any atom is 0.337 e. The lowest BCUT2D eigenvalue weighted by molar-refractivity contribution is 0.0600. The Morgan fingerprint density at radius 1 is 1.44 bits per heavy atom. The van der Waals surface area contributed by atoms with Gasteiger partial charge in [0.05, 0.1) is 23.8 Å². The summed E-state index contributed by atoms with van der Waals surface area (Å²) in [6.07, 6.45) is 1.59. The van der Waals surface area contributed by atoms with Crippen molar-refractivity contribution in [1.82, 2.24) is 4.98 Å². The van der Waals surface area contributed by atoms with Crippen LogP contribution >= 0.6 is 11.3 Å². The van der Waals surface area contributed by atoms with Crippen molar-refractivity contribution in [2.45, 2.75) is 12.5 Å². The van der Waals surface area contributed by atoms with Gasteiger partial charge in [-0.3, -0.25) is 0 Å². The number of benzene rings is 1. The number of nitrogens with zero attached hydrogens (tertiary/aromatic N) is 1. The molecule has 0 saturated heterocycles. The topological polar surface area (TPSA) is 59.4 Å². The van der Waals surface area contributed by atoms with Crippen LogP contribution in [0.5, 0.6) is 0 Å². The number of aliphatic hydroxyl groups is 1. The standard InChI is InChI=1S/C13H13NO3S/c1-17-13(16)10-4-2-9(3-5-10)11(15)8-12-14-6-7-18-12/h2-7,11,15H,8H2,1H3. The molecule has 0 spiro atoms. The molecule has 5 heteroatoms. The summed E-state index contributed by atoms with van der Waals surface area (Å²) < 4.78 is 4.61. The van der Waals surface area contributed by atoms with Crippen LogP contribution in [0.25, 0.3) is 0 Å². The molecule has 1 aromatic heterocycles. The second-order valence-corrected chi connectivity index (χ2v) is 4.74. The molecule has 0 bridgehead atoms. The predicted octanol–water partition coefficient (Wildman–Crippen LogP) is 2.21. The zero-order chi connectivity index (χ0) is 13.0. The fourth-order valence-electron chi connectivity index (χ4n) is 1.60. The Bertz CT molecular complexity index is 508. The highest BCUT2D eigenvalue weighted by molar-refractivity contribution is 7.09. The van der Waals surface area contributed by atoms with Crippen LogP contribution in [0.2, 0.25) is 0 Å². The number of ether oxygens (including phenoxy) is 1. The van der Waals surface area contributed by atoms with E-state index in [-0.39, 0.29) is 5.97 Å². The molecule has 0 fully saturated rings. The summed E-state index contributed by atoms with van der Waals surface area (Å²) in [5.41, 5.74) is 1.24. The van der Waals surface area contributed by atoms with Crippen LogP contribution in [0.4, 0.5) is 0 Å². The lowest BCUT2D eigenvalue weighted by Gasteiger charge is -2.09. The minimum Gasteiger partial charge on any atom is -0.465 e. The normalized spacial score (nSPS) is 12.1. The average molecular weight is 263 g/mol. The SMILES string of the molecule is COC(=O)c1ccc(C(O)Cc2nccs2)cc1. The van der Waals surface area contributed by atoms with Crippen LogP contribution < -0.4 is 0 Å². The third-order valence-corrected chi connectivity index (χ3v) is 3.37. The van der Waals surface area contributed by atoms with Gasteiger partial charge < -0.3 is 9.84 Å². The molecule has 0 aliphatic heterocycles. The molecule has 0 aliphatic carbocycles. The highest BCUT2D eigenvalue weighted by Gasteiger charge is 2.11. The summed E-state index contributed by atoms with van der Waals surface area (Å²) in [5, 5.41) is 12.8. The summed E-state index contributed by atoms with van der Waals surface area (Å²) >= 11 is 1.51. The van der Waals surface area contributed by atoms with E-state index in [4.69, 9.17) is 0 Å². The van der Waals surface area contributed by atoms with Gasteiger partial charge in [0, 0.05) is 18.0 Å². The second kappa shape index (κ2) is 5.75. The predicted molar refractivity (Wildman–Crippen MR) is 68.6 cm³/mol. The molecule has 4 nitrogen and oxygen atoms in total. The van der Waals surface area contributed by atoms with Crippen molar-refractivity contribution in [3.63, 3.8) is 0 Å². The fraction of sp³-hybridized carbons (Fsp3) is 0.231. The monoisotopic (exact) mass is 263 g/mol. The smallest absolute Gasteiger partial charge is 0.337 e. The van der Waals surface area contributed by atoms with E-state index in [0.717, 1.165) is 10.6 Å². The molecule has 0 amide bonds. The Hall–Kier alpha value is -1.72. The summed E-state index contributed by atoms with van der Waals surface area (Å²) in [6, 6.07) is 6.74. The van der Waals surface area contributed by atoms with Crippen LogP contribution in [-0.4, -0.2) is 23.2 Å². The first-order valence-corrected chi connectivity index (χ1v) is 6.33. The van der Waals surface area contributed by atoms with Crippen LogP contribution in [0.1, 0.15) is 27.0 Å². The Morgan fingerprint density at radius 3 is 2.72 bits per heavy atom. The molecule has 0 radical (unpaired) electrons. The van der Waals surface area contributed by atoms with E-state index in [2.05, 4.69) is 9.72 Å². The quantitative estimate of drug-likeness (QED) is 0.859. The summed E-state index contributed by atoms with van der Waals surface area (Å²) in [5.74, 6) is -0.379. The number of carbonyl (C=O) groups is 1. The molecule has 1 atom stereocenters. The number of aromatic nitrogens is 1. The first-order chi connectivity index (χ1) is 8.70. The average Bonchev–Trinajstić information content (AvgIpc) is 2.91. The number of rotatable bonds is 4. The van der Waals surface area contributed by atoms with Crippen molar-refractivity contribution in [3.05, 3.63) is 52.0 Å². The van der Waals surface area contributed by atoms with Crippen LogP contribution in [0, 0.1) is 0 Å². The van der Waals surface area contributed by atoms with E-state index in [1.807, 2.05) is 5.38 Å². The van der Waals surface area contributed by atoms with Gasteiger partial charge in [-0.15, -0.1) is 11.3 Å². The zero-order valence-electron chi connectivity index (χ0n) is 9.87. The summed E-state index contributed by atoms with van der Waals surface area (Å²) in [4.78, 5) is 15.4. The summed E-state index contributed by atoms with van der Waals surface area (Å²) in [7, 11) is 1.34. The largest absolute Gasteiger partial charge is 0.465 e. The number of thiazole rings is 1. The third kappa shape index (κ3) is 2.94. The van der Waals surface area contributed by atoms with Gasteiger partial charge >= 0.3 is 5.97 Å². The first kappa shape index (κ1) is 12.7. The number of hydrogen-bond acceptors (Lipinski definition) is 5. The van der Waals surface area contributed by atoms with Crippen molar-refractivity contribution in [2.24, 2.45) is 0 Å². The Kier molecular flexibility index (Phi) is 4.07. The van der Waals surface area contributed by atoms with Gasteiger partial charge in [-0.25, -0.2) is 9.78 Å². The third-order valence-electron chi connectivity index (χ3n) is 2.57. The molecular formula is C13H13NO3S. The minimum absolute atomic E-state index is 0.379. The number of methoxy groups -OCH3 is 1. The van der Waals surface area contributed by atoms with Crippen molar-refractivity contribution in [3.8, 4) is 0 Å². The zero-order valence-corrected chi connectivity index (χ0v) is 10.7. The lowest BCUT2D eigenvalue weighted by Crippen LogP contribution is -2.04. The number of aliphatic hydroxyl groups excluding tert-OH is 1. The molecule has 0 saturated carbocycles. The Balaban J connectivity index is 2.07. The molecule has 1 unspecified atom stereocenters. The van der Waals surface area contributed by atoms with Crippen molar-refractivity contribution in [1.29, 1.82) is 0 Å². The van der Waals surface area contributed by atoms with Gasteiger partial charge in [0.15, 0.2) is 0 Å². The molecule has 2 rings (SSSR count). The van der Waals surface area contributed by atoms with Crippen LogP contribution in [0.15, 0.2) is 35.8 Å². The van der Waals surface area contributed by atoms with Gasteiger partial charge in [0.2, 0.25) is 0 Å². The van der Waals surface area contributed by atoms with Crippen LogP contribution in [0.3, 0.4) is 0 Å². The molecule has 0 aliphatic rings. The molecule has 1 heterocycles. The molecule has 18 heavy (non-hydrogen) atoms. The number of esters is 1. The van der Waals surface area contributed by atoms with Gasteiger partial charge in [-0.2, -0.15) is 0 Å². The Morgan fingerprint density at radius 2 is 2.17 bits per heavy atom. The molecular weight excluding hydrogens is 250 g/mol. The maximum absolute atomic E-state index is 11.3. The van der Waals surface area contributed by atoms with E-state index < -0.39 is 6.10 Å². The second-order valence-electron chi connectivity index (χ2n) is 3.76. The van der Waals surface area contributed by atoms with E-state index in [1.54, 1.807) is 30.5 Å². The molecule has 2 aromatic rings. The number of hydrogen-bond donors (Lipinski definition) is 1. The lowest BCUT2D eigenvalue weighted by atomic mass is 10.0. The van der Waals surface area contributed by atoms with E-state index in [1.165, 1.54) is 18.4 Å². The van der Waals surface area contributed by atoms with E-state index in [0.29, 0.717) is 12.0 Å². The Labute approximate surface area is 109 Å². The molecule has 1 aromatic carbocycles. The fourth-order valence-corrected chi connectivity index (χ4v) is 2.25.